The summed E-state index contributed by atoms with van der Waals surface area (Å²) in [5.74, 6) is 1.35. The van der Waals surface area contributed by atoms with Gasteiger partial charge in [-0.25, -0.2) is 8.42 Å². The normalized spacial score (nSPS) is 11.5. The molecule has 0 aliphatic carbocycles. The van der Waals surface area contributed by atoms with Crippen molar-refractivity contribution < 1.29 is 22.7 Å². The molecule has 180 valence electrons. The fraction of sp³-hybridized carbons (Fsp3) is 0.154. The summed E-state index contributed by atoms with van der Waals surface area (Å²) >= 11 is 0. The number of nitrogens with zero attached hydrogens (tertiary/aromatic N) is 2. The number of carbonyl (C=O) groups excluding carboxylic acids is 1. The molecule has 0 amide bonds. The quantitative estimate of drug-likeness (QED) is 0.278. The number of aromatic nitrogens is 1. The van der Waals surface area contributed by atoms with Gasteiger partial charge < -0.3 is 15.2 Å². The number of nitrogens with two attached hydrogens (primary N) is 1. The third kappa shape index (κ3) is 5.11. The van der Waals surface area contributed by atoms with Gasteiger partial charge in [0, 0.05) is 35.7 Å². The van der Waals surface area contributed by atoms with Crippen LogP contribution in [0, 0.1) is 0 Å². The first kappa shape index (κ1) is 24.2. The Bertz CT molecular complexity index is 1400. The zero-order valence-electron chi connectivity index (χ0n) is 19.3. The predicted molar refractivity (Wildman–Crippen MR) is 134 cm³/mol. The molecule has 0 aliphatic heterocycles. The number of carbonyl (C=O) groups is 1. The molecular formula is C26H25N3O5S. The van der Waals surface area contributed by atoms with Gasteiger partial charge in [-0.15, -0.1) is 0 Å². The second kappa shape index (κ2) is 10.1. The molecule has 1 heterocycles. The molecular weight excluding hydrogens is 466 g/mol. The van der Waals surface area contributed by atoms with Crippen LogP contribution in [-0.4, -0.2) is 38.2 Å². The Labute approximate surface area is 204 Å². The Hall–Kier alpha value is -3.95. The molecule has 0 aliphatic rings. The number of nitrogen functional groups attached to an aromatic ring is 1. The van der Waals surface area contributed by atoms with Crippen LogP contribution in [0.25, 0.3) is 10.8 Å². The molecule has 0 unspecified atom stereocenters. The topological polar surface area (TPSA) is 112 Å². The van der Waals surface area contributed by atoms with Gasteiger partial charge in [0.15, 0.2) is 6.29 Å². The Morgan fingerprint density at radius 2 is 1.40 bits per heavy atom. The number of hydrogen-bond donors (Lipinski definition) is 1. The molecule has 0 bridgehead atoms. The zero-order chi connectivity index (χ0) is 25.0. The van der Waals surface area contributed by atoms with Crippen LogP contribution < -0.4 is 15.2 Å². The first-order valence-corrected chi connectivity index (χ1v) is 12.2. The van der Waals surface area contributed by atoms with Crippen LogP contribution in [0.15, 0.2) is 77.8 Å². The number of anilines is 1. The number of pyridine rings is 1. The SMILES string of the molecule is COc1ccc(CN(Cc2ccc(OC)cc2)S(=O)(=O)c2cc(N)cc3c(C=O)nccc23)cc1. The van der Waals surface area contributed by atoms with E-state index in [1.54, 1.807) is 50.6 Å². The maximum atomic E-state index is 14.1. The molecule has 3 aromatic carbocycles. The molecule has 0 radical (unpaired) electrons. The average molecular weight is 492 g/mol. The van der Waals surface area contributed by atoms with E-state index >= 15 is 0 Å². The molecule has 4 rings (SSSR count). The van der Waals surface area contributed by atoms with E-state index in [0.717, 1.165) is 11.1 Å². The standard InChI is InChI=1S/C26H25N3O5S/c1-33-21-7-3-18(4-8-21)15-29(16-19-5-9-22(34-2)10-6-19)35(31,32)26-14-20(27)13-24-23(26)11-12-28-25(24)17-30/h3-14,17H,15-16,27H2,1-2H3. The smallest absolute Gasteiger partial charge is 0.244 e. The molecule has 35 heavy (non-hydrogen) atoms. The van der Waals surface area contributed by atoms with Crippen molar-refractivity contribution in [3.8, 4) is 11.5 Å². The van der Waals surface area contributed by atoms with E-state index in [9.17, 15) is 13.2 Å². The van der Waals surface area contributed by atoms with Crippen molar-refractivity contribution in [2.75, 3.05) is 20.0 Å². The van der Waals surface area contributed by atoms with Gasteiger partial charge in [-0.2, -0.15) is 4.31 Å². The summed E-state index contributed by atoms with van der Waals surface area (Å²) in [6, 6.07) is 19.0. The van der Waals surface area contributed by atoms with Crippen LogP contribution in [0.3, 0.4) is 0 Å². The van der Waals surface area contributed by atoms with Crippen LogP contribution in [0.2, 0.25) is 0 Å². The number of fused-ring (bicyclic) bond motifs is 1. The predicted octanol–water partition coefficient (Wildman–Crippen LogP) is 4.04. The number of ether oxygens (including phenoxy) is 2. The summed E-state index contributed by atoms with van der Waals surface area (Å²) in [4.78, 5) is 15.6. The maximum Gasteiger partial charge on any atom is 0.244 e. The number of sulfonamides is 1. The fourth-order valence-corrected chi connectivity index (χ4v) is 5.49. The number of methoxy groups -OCH3 is 2. The third-order valence-electron chi connectivity index (χ3n) is 5.66. The van der Waals surface area contributed by atoms with Gasteiger partial charge in [0.2, 0.25) is 10.0 Å². The van der Waals surface area contributed by atoms with Gasteiger partial charge >= 0.3 is 0 Å². The van der Waals surface area contributed by atoms with Crippen LogP contribution >= 0.6 is 0 Å². The molecule has 2 N–H and O–H groups in total. The molecule has 0 atom stereocenters. The fourth-order valence-electron chi connectivity index (χ4n) is 3.83. The van der Waals surface area contributed by atoms with Gasteiger partial charge in [-0.1, -0.05) is 24.3 Å². The summed E-state index contributed by atoms with van der Waals surface area (Å²) in [6.45, 7) is 0.223. The highest BCUT2D eigenvalue weighted by molar-refractivity contribution is 7.89. The lowest BCUT2D eigenvalue weighted by atomic mass is 10.1. The summed E-state index contributed by atoms with van der Waals surface area (Å²) in [6.07, 6.45) is 2.00. The van der Waals surface area contributed by atoms with Crippen molar-refractivity contribution in [3.63, 3.8) is 0 Å². The number of benzene rings is 3. The summed E-state index contributed by atoms with van der Waals surface area (Å²) in [7, 11) is -0.911. The molecule has 4 aromatic rings. The van der Waals surface area contributed by atoms with Crippen molar-refractivity contribution in [1.82, 2.24) is 9.29 Å². The lowest BCUT2D eigenvalue weighted by molar-refractivity contribution is 0.112. The van der Waals surface area contributed by atoms with E-state index in [2.05, 4.69) is 4.98 Å². The van der Waals surface area contributed by atoms with Crippen molar-refractivity contribution in [2.24, 2.45) is 0 Å². The minimum Gasteiger partial charge on any atom is -0.497 e. The minimum atomic E-state index is -4.06. The molecule has 0 fully saturated rings. The van der Waals surface area contributed by atoms with Crippen LogP contribution in [0.5, 0.6) is 11.5 Å². The highest BCUT2D eigenvalue weighted by Crippen LogP contribution is 2.31. The summed E-state index contributed by atoms with van der Waals surface area (Å²) < 4.78 is 40.0. The Kier molecular flexibility index (Phi) is 6.99. The first-order chi connectivity index (χ1) is 16.8. The molecule has 0 saturated carbocycles. The number of hydrogen-bond acceptors (Lipinski definition) is 7. The second-order valence-electron chi connectivity index (χ2n) is 7.90. The Morgan fingerprint density at radius 3 is 1.89 bits per heavy atom. The second-order valence-corrected chi connectivity index (χ2v) is 9.80. The maximum absolute atomic E-state index is 14.1. The van der Waals surface area contributed by atoms with E-state index in [1.807, 2.05) is 24.3 Å². The largest absolute Gasteiger partial charge is 0.497 e. The van der Waals surface area contributed by atoms with E-state index in [4.69, 9.17) is 15.2 Å². The van der Waals surface area contributed by atoms with Gasteiger partial charge in [-0.05, 0) is 53.6 Å². The first-order valence-electron chi connectivity index (χ1n) is 10.7. The molecule has 9 heteroatoms. The number of aldehydes is 1. The third-order valence-corrected chi connectivity index (χ3v) is 7.49. The molecule has 0 saturated heterocycles. The highest BCUT2D eigenvalue weighted by atomic mass is 32.2. The van der Waals surface area contributed by atoms with E-state index < -0.39 is 10.0 Å². The Balaban J connectivity index is 1.82. The van der Waals surface area contributed by atoms with Gasteiger partial charge in [0.1, 0.15) is 17.2 Å². The highest BCUT2D eigenvalue weighted by Gasteiger charge is 2.28. The van der Waals surface area contributed by atoms with Crippen molar-refractivity contribution in [1.29, 1.82) is 0 Å². The van der Waals surface area contributed by atoms with Crippen LogP contribution in [-0.2, 0) is 23.1 Å². The monoisotopic (exact) mass is 491 g/mol. The van der Waals surface area contributed by atoms with Gasteiger partial charge in [0.05, 0.1) is 19.1 Å². The van der Waals surface area contributed by atoms with Crippen molar-refractivity contribution in [3.05, 3.63) is 89.7 Å². The van der Waals surface area contributed by atoms with Crippen molar-refractivity contribution in [2.45, 2.75) is 18.0 Å². The summed E-state index contributed by atoms with van der Waals surface area (Å²) in [5, 5.41) is 0.765. The Morgan fingerprint density at radius 1 is 0.857 bits per heavy atom. The summed E-state index contributed by atoms with van der Waals surface area (Å²) in [5.41, 5.74) is 7.98. The average Bonchev–Trinajstić information content (AvgIpc) is 2.88. The van der Waals surface area contributed by atoms with Crippen LogP contribution in [0.1, 0.15) is 21.6 Å². The lowest BCUT2D eigenvalue weighted by Crippen LogP contribution is -2.30. The van der Waals surface area contributed by atoms with E-state index in [1.165, 1.54) is 16.6 Å². The molecule has 0 spiro atoms. The zero-order valence-corrected chi connectivity index (χ0v) is 20.2. The van der Waals surface area contributed by atoms with Crippen molar-refractivity contribution >= 4 is 32.8 Å². The van der Waals surface area contributed by atoms with E-state index in [-0.39, 0.29) is 29.4 Å². The molecule has 8 nitrogen and oxygen atoms in total. The lowest BCUT2D eigenvalue weighted by Gasteiger charge is -2.24. The van der Waals surface area contributed by atoms with E-state index in [0.29, 0.717) is 28.6 Å². The number of rotatable bonds is 9. The van der Waals surface area contributed by atoms with Gasteiger partial charge in [-0.3, -0.25) is 9.78 Å². The minimum absolute atomic E-state index is 0.0139. The molecule has 1 aromatic heterocycles. The van der Waals surface area contributed by atoms with Gasteiger partial charge in [0.25, 0.3) is 0 Å². The van der Waals surface area contributed by atoms with Crippen LogP contribution in [0.4, 0.5) is 5.69 Å².